The summed E-state index contributed by atoms with van der Waals surface area (Å²) < 4.78 is 47.7. The number of hydrogen-bond acceptors (Lipinski definition) is 6. The molecule has 0 saturated heterocycles. The molecule has 0 amide bonds. The van der Waals surface area contributed by atoms with Crippen LogP contribution in [0, 0.1) is 11.6 Å². The first-order valence-electron chi connectivity index (χ1n) is 7.74. The van der Waals surface area contributed by atoms with Crippen molar-refractivity contribution in [2.75, 3.05) is 21.3 Å². The number of aliphatic imine (C=N–C) groups is 1. The Hall–Kier alpha value is -3.42. The van der Waals surface area contributed by atoms with Gasteiger partial charge in [0.05, 0.1) is 26.9 Å². The van der Waals surface area contributed by atoms with Crippen LogP contribution in [0.15, 0.2) is 41.0 Å². The van der Waals surface area contributed by atoms with Crippen LogP contribution in [0.25, 0.3) is 6.08 Å². The molecule has 27 heavy (non-hydrogen) atoms. The summed E-state index contributed by atoms with van der Waals surface area (Å²) in [6, 6.07) is 6.08. The third-order valence-electron chi connectivity index (χ3n) is 3.81. The van der Waals surface area contributed by atoms with Gasteiger partial charge < -0.3 is 18.9 Å². The van der Waals surface area contributed by atoms with E-state index >= 15 is 0 Å². The highest BCUT2D eigenvalue weighted by Crippen LogP contribution is 2.36. The van der Waals surface area contributed by atoms with Crippen LogP contribution >= 0.6 is 0 Å². The van der Waals surface area contributed by atoms with Gasteiger partial charge in [-0.05, 0) is 24.3 Å². The van der Waals surface area contributed by atoms with E-state index in [9.17, 15) is 13.6 Å². The van der Waals surface area contributed by atoms with Crippen molar-refractivity contribution >= 4 is 17.9 Å². The van der Waals surface area contributed by atoms with Gasteiger partial charge in [0, 0.05) is 17.7 Å². The van der Waals surface area contributed by atoms with E-state index in [2.05, 4.69) is 4.99 Å². The Morgan fingerprint density at radius 1 is 0.963 bits per heavy atom. The summed E-state index contributed by atoms with van der Waals surface area (Å²) in [4.78, 5) is 16.1. The third kappa shape index (κ3) is 3.59. The third-order valence-corrected chi connectivity index (χ3v) is 3.81. The topological polar surface area (TPSA) is 66.3 Å². The number of hydrogen-bond donors (Lipinski definition) is 0. The van der Waals surface area contributed by atoms with Gasteiger partial charge in [-0.3, -0.25) is 0 Å². The molecule has 0 atom stereocenters. The molecule has 2 aromatic carbocycles. The SMILES string of the molecule is COc1cc(OC)c(OC)cc1/C=C1/N=C(c2ccc(F)cc2F)OC1=O. The van der Waals surface area contributed by atoms with Gasteiger partial charge in [-0.1, -0.05) is 0 Å². The molecule has 0 aliphatic carbocycles. The molecule has 8 heteroatoms. The maximum Gasteiger partial charge on any atom is 0.363 e. The van der Waals surface area contributed by atoms with Crippen LogP contribution in [-0.2, 0) is 9.53 Å². The lowest BCUT2D eigenvalue weighted by molar-refractivity contribution is -0.129. The van der Waals surface area contributed by atoms with E-state index in [-0.39, 0.29) is 17.2 Å². The quantitative estimate of drug-likeness (QED) is 0.592. The molecule has 140 valence electrons. The number of halogens is 2. The van der Waals surface area contributed by atoms with Gasteiger partial charge in [-0.15, -0.1) is 0 Å². The number of esters is 1. The molecule has 1 aliphatic rings. The molecule has 0 spiro atoms. The lowest BCUT2D eigenvalue weighted by atomic mass is 10.1. The van der Waals surface area contributed by atoms with Gasteiger partial charge in [0.1, 0.15) is 17.4 Å². The first-order chi connectivity index (χ1) is 13.0. The predicted octanol–water partition coefficient (Wildman–Crippen LogP) is 3.34. The lowest BCUT2D eigenvalue weighted by Gasteiger charge is -2.12. The molecule has 0 aromatic heterocycles. The second-order valence-electron chi connectivity index (χ2n) is 5.41. The molecule has 0 bridgehead atoms. The molecule has 0 saturated carbocycles. The molecule has 1 heterocycles. The van der Waals surface area contributed by atoms with Crippen molar-refractivity contribution in [2.24, 2.45) is 4.99 Å². The van der Waals surface area contributed by atoms with Gasteiger partial charge >= 0.3 is 5.97 Å². The molecule has 0 fully saturated rings. The second-order valence-corrected chi connectivity index (χ2v) is 5.41. The first-order valence-corrected chi connectivity index (χ1v) is 7.74. The second kappa shape index (κ2) is 7.45. The van der Waals surface area contributed by atoms with Crippen LogP contribution < -0.4 is 14.2 Å². The Kier molecular flexibility index (Phi) is 5.07. The molecule has 6 nitrogen and oxygen atoms in total. The van der Waals surface area contributed by atoms with Crippen molar-refractivity contribution in [3.8, 4) is 17.2 Å². The molecule has 0 unspecified atom stereocenters. The van der Waals surface area contributed by atoms with Gasteiger partial charge in [0.25, 0.3) is 0 Å². The summed E-state index contributed by atoms with van der Waals surface area (Å²) in [7, 11) is 4.41. The van der Waals surface area contributed by atoms with Crippen molar-refractivity contribution in [3.05, 3.63) is 58.8 Å². The lowest BCUT2D eigenvalue weighted by Crippen LogP contribution is -2.07. The predicted molar refractivity (Wildman–Crippen MR) is 93.1 cm³/mol. The van der Waals surface area contributed by atoms with E-state index in [1.165, 1.54) is 27.4 Å². The van der Waals surface area contributed by atoms with Crippen molar-refractivity contribution in [1.82, 2.24) is 0 Å². The Morgan fingerprint density at radius 2 is 1.63 bits per heavy atom. The number of benzene rings is 2. The Balaban J connectivity index is 2.04. The summed E-state index contributed by atoms with van der Waals surface area (Å²) in [6.07, 6.45) is 1.41. The fraction of sp³-hybridized carbons (Fsp3) is 0.158. The van der Waals surface area contributed by atoms with E-state index in [1.807, 2.05) is 0 Å². The average molecular weight is 375 g/mol. The minimum Gasteiger partial charge on any atom is -0.496 e. The number of cyclic esters (lactones) is 1. The van der Waals surface area contributed by atoms with E-state index in [0.29, 0.717) is 28.9 Å². The highest BCUT2D eigenvalue weighted by atomic mass is 19.1. The summed E-state index contributed by atoms with van der Waals surface area (Å²) in [6.45, 7) is 0. The average Bonchev–Trinajstić information content (AvgIpc) is 3.01. The van der Waals surface area contributed by atoms with Gasteiger partial charge in [0.2, 0.25) is 5.90 Å². The zero-order valence-electron chi connectivity index (χ0n) is 14.7. The standard InChI is InChI=1S/C19H15F2NO5/c1-24-15-9-17(26-3)16(25-2)7-10(15)6-14-19(23)27-18(22-14)12-5-4-11(20)8-13(12)21/h4-9H,1-3H3/b14-6+. The van der Waals surface area contributed by atoms with Crippen LogP contribution in [0.1, 0.15) is 11.1 Å². The molecule has 2 aromatic rings. The van der Waals surface area contributed by atoms with Gasteiger partial charge in [-0.2, -0.15) is 0 Å². The van der Waals surface area contributed by atoms with Crippen LogP contribution in [-0.4, -0.2) is 33.2 Å². The van der Waals surface area contributed by atoms with Crippen molar-refractivity contribution in [2.45, 2.75) is 0 Å². The number of carbonyl (C=O) groups excluding carboxylic acids is 1. The number of methoxy groups -OCH3 is 3. The molecule has 0 N–H and O–H groups in total. The largest absolute Gasteiger partial charge is 0.496 e. The van der Waals surface area contributed by atoms with E-state index in [0.717, 1.165) is 12.1 Å². The van der Waals surface area contributed by atoms with Crippen molar-refractivity contribution in [3.63, 3.8) is 0 Å². The molecule has 0 radical (unpaired) electrons. The summed E-state index contributed by atoms with van der Waals surface area (Å²) in [5.41, 5.74) is 0.290. The Labute approximate surface area is 153 Å². The maximum atomic E-state index is 13.9. The maximum absolute atomic E-state index is 13.9. The number of carbonyl (C=O) groups is 1. The van der Waals surface area contributed by atoms with E-state index in [1.54, 1.807) is 12.1 Å². The van der Waals surface area contributed by atoms with Gasteiger partial charge in [0.15, 0.2) is 17.2 Å². The van der Waals surface area contributed by atoms with Crippen molar-refractivity contribution in [1.29, 1.82) is 0 Å². The summed E-state index contributed by atoms with van der Waals surface area (Å²) >= 11 is 0. The van der Waals surface area contributed by atoms with Crippen LogP contribution in [0.4, 0.5) is 8.78 Å². The number of rotatable bonds is 5. The normalized spacial score (nSPS) is 14.8. The molecule has 3 rings (SSSR count). The van der Waals surface area contributed by atoms with E-state index < -0.39 is 17.6 Å². The smallest absolute Gasteiger partial charge is 0.363 e. The summed E-state index contributed by atoms with van der Waals surface area (Å²) in [5, 5.41) is 0. The van der Waals surface area contributed by atoms with E-state index in [4.69, 9.17) is 18.9 Å². The Bertz CT molecular complexity index is 969. The highest BCUT2D eigenvalue weighted by Gasteiger charge is 2.27. The number of nitrogens with zero attached hydrogens (tertiary/aromatic N) is 1. The fourth-order valence-corrected chi connectivity index (χ4v) is 2.50. The van der Waals surface area contributed by atoms with Crippen LogP contribution in [0.3, 0.4) is 0 Å². The minimum absolute atomic E-state index is 0.0701. The van der Waals surface area contributed by atoms with Gasteiger partial charge in [-0.25, -0.2) is 18.6 Å². The first kappa shape index (κ1) is 18.4. The van der Waals surface area contributed by atoms with Crippen LogP contribution in [0.5, 0.6) is 17.2 Å². The zero-order chi connectivity index (χ0) is 19.6. The van der Waals surface area contributed by atoms with Crippen molar-refractivity contribution < 1.29 is 32.5 Å². The number of ether oxygens (including phenoxy) is 4. The fourth-order valence-electron chi connectivity index (χ4n) is 2.50. The molecular weight excluding hydrogens is 360 g/mol. The monoisotopic (exact) mass is 375 g/mol. The molecular formula is C19H15F2NO5. The van der Waals surface area contributed by atoms with Crippen LogP contribution in [0.2, 0.25) is 0 Å². The summed E-state index contributed by atoms with van der Waals surface area (Å²) in [5.74, 6) is -1.37. The highest BCUT2D eigenvalue weighted by molar-refractivity contribution is 6.13. The Morgan fingerprint density at radius 3 is 2.26 bits per heavy atom. The molecule has 1 aliphatic heterocycles. The zero-order valence-corrected chi connectivity index (χ0v) is 14.7. The minimum atomic E-state index is -0.883.